The molecule has 0 saturated carbocycles. The first-order chi connectivity index (χ1) is 13.6. The molecule has 5 heteroatoms. The van der Waals surface area contributed by atoms with Crippen molar-refractivity contribution in [1.82, 2.24) is 15.1 Å². The number of amides is 2. The van der Waals surface area contributed by atoms with Crippen LogP contribution in [-0.4, -0.2) is 53.8 Å². The Balaban J connectivity index is 1.68. The predicted molar refractivity (Wildman–Crippen MR) is 114 cm³/mol. The number of benzene rings is 1. The second kappa shape index (κ2) is 12.6. The van der Waals surface area contributed by atoms with Gasteiger partial charge < -0.3 is 10.2 Å². The van der Waals surface area contributed by atoms with E-state index in [1.807, 2.05) is 11.0 Å². The molecule has 1 aliphatic rings. The lowest BCUT2D eigenvalue weighted by atomic mass is 10.0. The Morgan fingerprint density at radius 2 is 1.82 bits per heavy atom. The molecule has 0 radical (unpaired) electrons. The fourth-order valence-electron chi connectivity index (χ4n) is 3.92. The zero-order valence-electron chi connectivity index (χ0n) is 17.7. The number of piperidine rings is 1. The van der Waals surface area contributed by atoms with Crippen molar-refractivity contribution in [3.63, 3.8) is 0 Å². The van der Waals surface area contributed by atoms with Crippen molar-refractivity contribution in [3.8, 4) is 0 Å². The highest BCUT2D eigenvalue weighted by molar-refractivity contribution is 5.79. The molecule has 1 aromatic rings. The number of hydrogen-bond donors (Lipinski definition) is 1. The molecule has 5 nitrogen and oxygen atoms in total. The molecule has 0 spiro atoms. The Hall–Kier alpha value is -1.88. The van der Waals surface area contributed by atoms with E-state index < -0.39 is 0 Å². The maximum atomic E-state index is 12.3. The van der Waals surface area contributed by atoms with E-state index in [0.717, 1.165) is 58.4 Å². The smallest absolute Gasteiger partial charge is 0.222 e. The highest BCUT2D eigenvalue weighted by atomic mass is 16.2. The van der Waals surface area contributed by atoms with Gasteiger partial charge in [-0.3, -0.25) is 14.5 Å². The van der Waals surface area contributed by atoms with Gasteiger partial charge in [-0.25, -0.2) is 0 Å². The summed E-state index contributed by atoms with van der Waals surface area (Å²) in [6.45, 7) is 8.74. The summed E-state index contributed by atoms with van der Waals surface area (Å²) in [6, 6.07) is 10.7. The van der Waals surface area contributed by atoms with Crippen LogP contribution < -0.4 is 5.32 Å². The Morgan fingerprint density at radius 1 is 1.11 bits per heavy atom. The average molecular weight is 388 g/mol. The van der Waals surface area contributed by atoms with Gasteiger partial charge in [-0.05, 0) is 44.2 Å². The average Bonchev–Trinajstić information content (AvgIpc) is 2.69. The molecule has 2 rings (SSSR count). The first-order valence-electron chi connectivity index (χ1n) is 11.0. The predicted octanol–water partition coefficient (Wildman–Crippen LogP) is 3.59. The third-order valence-electron chi connectivity index (χ3n) is 5.25. The molecule has 156 valence electrons. The molecular formula is C23H37N3O2. The minimum Gasteiger partial charge on any atom is -0.352 e. The van der Waals surface area contributed by atoms with Gasteiger partial charge in [0, 0.05) is 45.1 Å². The van der Waals surface area contributed by atoms with Crippen LogP contribution in [0.15, 0.2) is 30.3 Å². The number of nitrogens with zero attached hydrogens (tertiary/aromatic N) is 2. The maximum absolute atomic E-state index is 12.3. The van der Waals surface area contributed by atoms with Gasteiger partial charge in [0.1, 0.15) is 0 Å². The molecular weight excluding hydrogens is 350 g/mol. The summed E-state index contributed by atoms with van der Waals surface area (Å²) in [5.74, 6) is 0.264. The van der Waals surface area contributed by atoms with E-state index in [2.05, 4.69) is 48.3 Å². The summed E-state index contributed by atoms with van der Waals surface area (Å²) in [5.41, 5.74) is 1.32. The van der Waals surface area contributed by atoms with Crippen LogP contribution in [0.4, 0.5) is 0 Å². The summed E-state index contributed by atoms with van der Waals surface area (Å²) in [7, 11) is 0. The van der Waals surface area contributed by atoms with Crippen molar-refractivity contribution in [2.75, 3.05) is 26.2 Å². The topological polar surface area (TPSA) is 52.7 Å². The zero-order chi connectivity index (χ0) is 20.2. The van der Waals surface area contributed by atoms with Gasteiger partial charge in [-0.15, -0.1) is 0 Å². The molecule has 28 heavy (non-hydrogen) atoms. The van der Waals surface area contributed by atoms with E-state index in [1.54, 1.807) is 0 Å². The lowest BCUT2D eigenvalue weighted by Crippen LogP contribution is -2.47. The Morgan fingerprint density at radius 3 is 2.50 bits per heavy atom. The van der Waals surface area contributed by atoms with Gasteiger partial charge in [-0.1, -0.05) is 44.2 Å². The molecule has 1 unspecified atom stereocenters. The van der Waals surface area contributed by atoms with Gasteiger partial charge >= 0.3 is 0 Å². The van der Waals surface area contributed by atoms with Crippen LogP contribution >= 0.6 is 0 Å². The van der Waals surface area contributed by atoms with Gasteiger partial charge in [0.25, 0.3) is 0 Å². The zero-order valence-corrected chi connectivity index (χ0v) is 17.7. The number of carbonyl (C=O) groups excluding carboxylic acids is 2. The molecule has 0 aromatic heterocycles. The number of likely N-dealkylation sites (tertiary alicyclic amines) is 1. The summed E-state index contributed by atoms with van der Waals surface area (Å²) in [4.78, 5) is 29.0. The van der Waals surface area contributed by atoms with E-state index in [4.69, 9.17) is 0 Å². The van der Waals surface area contributed by atoms with Crippen LogP contribution in [0.2, 0.25) is 0 Å². The van der Waals surface area contributed by atoms with E-state index in [9.17, 15) is 9.59 Å². The highest BCUT2D eigenvalue weighted by Crippen LogP contribution is 2.14. The maximum Gasteiger partial charge on any atom is 0.222 e. The number of carbonyl (C=O) groups is 2. The highest BCUT2D eigenvalue weighted by Gasteiger charge is 2.21. The quantitative estimate of drug-likeness (QED) is 0.631. The fourth-order valence-corrected chi connectivity index (χ4v) is 3.92. The molecule has 1 atom stereocenters. The molecule has 1 fully saturated rings. The molecule has 0 bridgehead atoms. The van der Waals surface area contributed by atoms with Crippen molar-refractivity contribution < 1.29 is 9.59 Å². The second-order valence-electron chi connectivity index (χ2n) is 7.86. The van der Waals surface area contributed by atoms with Crippen LogP contribution in [0.1, 0.15) is 64.4 Å². The van der Waals surface area contributed by atoms with Crippen LogP contribution in [0, 0.1) is 0 Å². The Labute approximate surface area is 170 Å². The third kappa shape index (κ3) is 8.01. The molecule has 0 aliphatic carbocycles. The molecule has 1 heterocycles. The van der Waals surface area contributed by atoms with Gasteiger partial charge in [-0.2, -0.15) is 0 Å². The third-order valence-corrected chi connectivity index (χ3v) is 5.25. The molecule has 2 amide bonds. The SMILES string of the molecule is CCCN(CCC)C(=O)CCCC(=O)NC1CCCN(Cc2ccccc2)C1. The Bertz CT molecular complexity index is 585. The molecule has 1 saturated heterocycles. The largest absolute Gasteiger partial charge is 0.352 e. The first-order valence-corrected chi connectivity index (χ1v) is 11.0. The van der Waals surface area contributed by atoms with Crippen molar-refractivity contribution in [1.29, 1.82) is 0 Å². The van der Waals surface area contributed by atoms with Crippen LogP contribution in [0.5, 0.6) is 0 Å². The van der Waals surface area contributed by atoms with Crippen LogP contribution in [0.25, 0.3) is 0 Å². The normalized spacial score (nSPS) is 17.3. The Kier molecular flexibility index (Phi) is 10.0. The molecule has 1 N–H and O–H groups in total. The van der Waals surface area contributed by atoms with E-state index in [-0.39, 0.29) is 17.9 Å². The van der Waals surface area contributed by atoms with E-state index >= 15 is 0 Å². The fraction of sp³-hybridized carbons (Fsp3) is 0.652. The lowest BCUT2D eigenvalue weighted by Gasteiger charge is -2.33. The second-order valence-corrected chi connectivity index (χ2v) is 7.86. The standard InChI is InChI=1S/C23H37N3O2/c1-3-15-26(16-4-2)23(28)14-8-13-22(27)24-21-12-9-17-25(19-21)18-20-10-6-5-7-11-20/h5-7,10-11,21H,3-4,8-9,12-19H2,1-2H3,(H,24,27). The monoisotopic (exact) mass is 387 g/mol. The van der Waals surface area contributed by atoms with E-state index in [0.29, 0.717) is 19.3 Å². The molecule has 1 aromatic carbocycles. The van der Waals surface area contributed by atoms with Gasteiger partial charge in [0.2, 0.25) is 11.8 Å². The van der Waals surface area contributed by atoms with Gasteiger partial charge in [0.05, 0.1) is 0 Å². The van der Waals surface area contributed by atoms with Crippen LogP contribution in [-0.2, 0) is 16.1 Å². The van der Waals surface area contributed by atoms with Crippen molar-refractivity contribution in [2.24, 2.45) is 0 Å². The summed E-state index contributed by atoms with van der Waals surface area (Å²) >= 11 is 0. The number of rotatable bonds is 11. The van der Waals surface area contributed by atoms with Gasteiger partial charge in [0.15, 0.2) is 0 Å². The minimum atomic E-state index is 0.0805. The van der Waals surface area contributed by atoms with E-state index in [1.165, 1.54) is 5.56 Å². The summed E-state index contributed by atoms with van der Waals surface area (Å²) in [5, 5.41) is 3.18. The number of nitrogens with one attached hydrogen (secondary N) is 1. The minimum absolute atomic E-state index is 0.0805. The van der Waals surface area contributed by atoms with Crippen molar-refractivity contribution in [3.05, 3.63) is 35.9 Å². The van der Waals surface area contributed by atoms with Crippen LogP contribution in [0.3, 0.4) is 0 Å². The van der Waals surface area contributed by atoms with Crippen molar-refractivity contribution in [2.45, 2.75) is 71.4 Å². The first kappa shape index (κ1) is 22.4. The summed E-state index contributed by atoms with van der Waals surface area (Å²) < 4.78 is 0. The van der Waals surface area contributed by atoms with Crippen molar-refractivity contribution >= 4 is 11.8 Å². The number of hydrogen-bond acceptors (Lipinski definition) is 3. The lowest BCUT2D eigenvalue weighted by molar-refractivity contribution is -0.131. The molecule has 1 aliphatic heterocycles. The summed E-state index contributed by atoms with van der Waals surface area (Å²) in [6.07, 6.45) is 5.65.